The van der Waals surface area contributed by atoms with E-state index in [0.717, 1.165) is 17.8 Å². The van der Waals surface area contributed by atoms with E-state index in [2.05, 4.69) is 20.5 Å². The molecule has 0 spiro atoms. The van der Waals surface area contributed by atoms with Gasteiger partial charge in [-0.2, -0.15) is 0 Å². The second-order valence-corrected chi connectivity index (χ2v) is 4.13. The van der Waals surface area contributed by atoms with Crippen molar-refractivity contribution in [1.82, 2.24) is 20.5 Å². The van der Waals surface area contributed by atoms with Crippen molar-refractivity contribution in [1.29, 1.82) is 0 Å². The van der Waals surface area contributed by atoms with Crippen molar-refractivity contribution in [3.05, 3.63) is 47.0 Å². The van der Waals surface area contributed by atoms with E-state index in [0.29, 0.717) is 6.54 Å². The fraction of sp³-hybridized carbons (Fsp3) is 0.308. The van der Waals surface area contributed by atoms with Crippen molar-refractivity contribution in [3.63, 3.8) is 0 Å². The fourth-order valence-electron chi connectivity index (χ4n) is 1.52. The minimum atomic E-state index is -0.258. The van der Waals surface area contributed by atoms with E-state index < -0.39 is 0 Å². The first-order chi connectivity index (χ1) is 8.69. The first kappa shape index (κ1) is 12.3. The fourth-order valence-corrected chi connectivity index (χ4v) is 1.52. The third-order valence-corrected chi connectivity index (χ3v) is 2.64. The van der Waals surface area contributed by atoms with Gasteiger partial charge in [-0.1, -0.05) is 36.8 Å². The third-order valence-electron chi connectivity index (χ3n) is 2.64. The highest BCUT2D eigenvalue weighted by atomic mass is 16.2. The van der Waals surface area contributed by atoms with Crippen LogP contribution in [0.4, 0.5) is 0 Å². The summed E-state index contributed by atoms with van der Waals surface area (Å²) in [5.74, 6) is 0.654. The molecule has 1 aromatic heterocycles. The number of hydrogen-bond donors (Lipinski definition) is 2. The van der Waals surface area contributed by atoms with Gasteiger partial charge in [0.1, 0.15) is 5.82 Å². The maximum Gasteiger partial charge on any atom is 0.291 e. The molecule has 0 unspecified atom stereocenters. The van der Waals surface area contributed by atoms with E-state index >= 15 is 0 Å². The standard InChI is InChI=1S/C13H16N4O/c1-3-11-15-12(17-16-11)13(18)14-8-10-6-4-9(2)5-7-10/h4-7H,3,8H2,1-2H3,(H,14,18)(H,15,16,17). The van der Waals surface area contributed by atoms with Crippen LogP contribution in [0.2, 0.25) is 0 Å². The summed E-state index contributed by atoms with van der Waals surface area (Å²) in [5.41, 5.74) is 2.26. The van der Waals surface area contributed by atoms with E-state index in [-0.39, 0.29) is 11.7 Å². The topological polar surface area (TPSA) is 70.7 Å². The largest absolute Gasteiger partial charge is 0.345 e. The smallest absolute Gasteiger partial charge is 0.291 e. The number of amides is 1. The molecule has 0 aliphatic heterocycles. The van der Waals surface area contributed by atoms with E-state index in [9.17, 15) is 4.79 Å². The van der Waals surface area contributed by atoms with Gasteiger partial charge in [0.15, 0.2) is 0 Å². The van der Waals surface area contributed by atoms with Crippen LogP contribution in [-0.4, -0.2) is 21.1 Å². The number of carbonyl (C=O) groups is 1. The van der Waals surface area contributed by atoms with Crippen LogP contribution in [-0.2, 0) is 13.0 Å². The van der Waals surface area contributed by atoms with Crippen LogP contribution in [0.15, 0.2) is 24.3 Å². The van der Waals surface area contributed by atoms with Gasteiger partial charge in [0.05, 0.1) is 0 Å². The molecule has 0 aliphatic carbocycles. The van der Waals surface area contributed by atoms with Crippen molar-refractivity contribution < 1.29 is 4.79 Å². The number of benzene rings is 1. The highest BCUT2D eigenvalue weighted by Gasteiger charge is 2.10. The van der Waals surface area contributed by atoms with Crippen LogP contribution in [0.1, 0.15) is 34.5 Å². The van der Waals surface area contributed by atoms with E-state index in [1.807, 2.05) is 38.1 Å². The maximum absolute atomic E-state index is 11.8. The normalized spacial score (nSPS) is 10.3. The van der Waals surface area contributed by atoms with Crippen molar-refractivity contribution in [2.24, 2.45) is 0 Å². The quantitative estimate of drug-likeness (QED) is 0.858. The van der Waals surface area contributed by atoms with Gasteiger partial charge in [-0.15, -0.1) is 5.10 Å². The van der Waals surface area contributed by atoms with Gasteiger partial charge in [0.2, 0.25) is 5.82 Å². The van der Waals surface area contributed by atoms with Gasteiger partial charge in [-0.05, 0) is 12.5 Å². The summed E-state index contributed by atoms with van der Waals surface area (Å²) >= 11 is 0. The van der Waals surface area contributed by atoms with Crippen molar-refractivity contribution in [2.45, 2.75) is 26.8 Å². The maximum atomic E-state index is 11.8. The average molecular weight is 244 g/mol. The highest BCUT2D eigenvalue weighted by molar-refractivity contribution is 5.90. The summed E-state index contributed by atoms with van der Waals surface area (Å²) in [5, 5.41) is 9.37. The lowest BCUT2D eigenvalue weighted by atomic mass is 10.1. The molecule has 0 saturated carbocycles. The molecule has 2 rings (SSSR count). The summed E-state index contributed by atoms with van der Waals surface area (Å²) < 4.78 is 0. The Morgan fingerprint density at radius 3 is 2.67 bits per heavy atom. The Bertz CT molecular complexity index is 530. The highest BCUT2D eigenvalue weighted by Crippen LogP contribution is 2.03. The molecule has 94 valence electrons. The zero-order valence-corrected chi connectivity index (χ0v) is 10.5. The number of carbonyl (C=O) groups excluding carboxylic acids is 1. The summed E-state index contributed by atoms with van der Waals surface area (Å²) in [6.45, 7) is 4.46. The average Bonchev–Trinajstić information content (AvgIpc) is 2.86. The number of rotatable bonds is 4. The lowest BCUT2D eigenvalue weighted by molar-refractivity contribution is 0.0941. The molecule has 0 fully saturated rings. The zero-order chi connectivity index (χ0) is 13.0. The third kappa shape index (κ3) is 2.94. The van der Waals surface area contributed by atoms with Gasteiger partial charge in [0.25, 0.3) is 5.91 Å². The molecule has 18 heavy (non-hydrogen) atoms. The van der Waals surface area contributed by atoms with E-state index in [1.165, 1.54) is 5.56 Å². The summed E-state index contributed by atoms with van der Waals surface area (Å²) in [6, 6.07) is 8.02. The minimum Gasteiger partial charge on any atom is -0.345 e. The van der Waals surface area contributed by atoms with Crippen LogP contribution >= 0.6 is 0 Å². The number of nitrogens with one attached hydrogen (secondary N) is 2. The molecule has 0 radical (unpaired) electrons. The van der Waals surface area contributed by atoms with Crippen LogP contribution < -0.4 is 5.32 Å². The lowest BCUT2D eigenvalue weighted by Crippen LogP contribution is -2.24. The number of aromatic nitrogens is 3. The molecule has 2 N–H and O–H groups in total. The predicted octanol–water partition coefficient (Wildman–Crippen LogP) is 1.61. The molecule has 0 bridgehead atoms. The monoisotopic (exact) mass is 244 g/mol. The molecule has 5 heteroatoms. The Morgan fingerprint density at radius 1 is 1.33 bits per heavy atom. The number of H-pyrrole nitrogens is 1. The second kappa shape index (κ2) is 5.44. The van der Waals surface area contributed by atoms with E-state index in [4.69, 9.17) is 0 Å². The van der Waals surface area contributed by atoms with E-state index in [1.54, 1.807) is 0 Å². The minimum absolute atomic E-state index is 0.193. The molecule has 2 aromatic rings. The first-order valence-corrected chi connectivity index (χ1v) is 5.94. The summed E-state index contributed by atoms with van der Waals surface area (Å²) in [4.78, 5) is 15.8. The van der Waals surface area contributed by atoms with Crippen LogP contribution in [0.5, 0.6) is 0 Å². The number of aryl methyl sites for hydroxylation is 2. The molecule has 0 atom stereocenters. The summed E-state index contributed by atoms with van der Waals surface area (Å²) in [6.07, 6.45) is 0.734. The molecule has 0 saturated heterocycles. The number of aromatic amines is 1. The zero-order valence-electron chi connectivity index (χ0n) is 10.5. The summed E-state index contributed by atoms with van der Waals surface area (Å²) in [7, 11) is 0. The van der Waals surface area contributed by atoms with Crippen LogP contribution in [0.25, 0.3) is 0 Å². The molecule has 1 heterocycles. The molecule has 1 amide bonds. The SMILES string of the molecule is CCc1nc(C(=O)NCc2ccc(C)cc2)n[nH]1. The van der Waals surface area contributed by atoms with Gasteiger partial charge in [-0.3, -0.25) is 9.89 Å². The Morgan fingerprint density at radius 2 is 2.06 bits per heavy atom. The Hall–Kier alpha value is -2.17. The Balaban J connectivity index is 1.93. The van der Waals surface area contributed by atoms with Gasteiger partial charge in [-0.25, -0.2) is 4.98 Å². The molecule has 1 aromatic carbocycles. The predicted molar refractivity (Wildman–Crippen MR) is 68.1 cm³/mol. The Labute approximate surface area is 106 Å². The number of hydrogen-bond acceptors (Lipinski definition) is 3. The van der Waals surface area contributed by atoms with Crippen molar-refractivity contribution >= 4 is 5.91 Å². The molecular weight excluding hydrogens is 228 g/mol. The second-order valence-electron chi connectivity index (χ2n) is 4.13. The van der Waals surface area contributed by atoms with Gasteiger partial charge in [0, 0.05) is 13.0 Å². The molecular formula is C13H16N4O. The number of nitrogens with zero attached hydrogens (tertiary/aromatic N) is 2. The Kier molecular flexibility index (Phi) is 3.72. The van der Waals surface area contributed by atoms with Crippen LogP contribution in [0, 0.1) is 6.92 Å². The lowest BCUT2D eigenvalue weighted by Gasteiger charge is -2.03. The van der Waals surface area contributed by atoms with Gasteiger partial charge < -0.3 is 5.32 Å². The van der Waals surface area contributed by atoms with Crippen LogP contribution in [0.3, 0.4) is 0 Å². The first-order valence-electron chi connectivity index (χ1n) is 5.94. The molecule has 0 aliphatic rings. The van der Waals surface area contributed by atoms with Gasteiger partial charge >= 0.3 is 0 Å². The molecule has 5 nitrogen and oxygen atoms in total. The van der Waals surface area contributed by atoms with Crippen molar-refractivity contribution in [3.8, 4) is 0 Å². The van der Waals surface area contributed by atoms with Crippen molar-refractivity contribution in [2.75, 3.05) is 0 Å².